The van der Waals surface area contributed by atoms with Gasteiger partial charge in [-0.3, -0.25) is 19.3 Å². The first-order chi connectivity index (χ1) is 12.6. The van der Waals surface area contributed by atoms with Gasteiger partial charge in [0.05, 0.1) is 12.3 Å². The third kappa shape index (κ3) is 5.29. The van der Waals surface area contributed by atoms with Crippen LogP contribution in [0, 0.1) is 0 Å². The average Bonchev–Trinajstić information content (AvgIpc) is 2.65. The average molecular weight is 376 g/mol. The van der Waals surface area contributed by atoms with Gasteiger partial charge in [0.1, 0.15) is 18.2 Å². The number of para-hydroxylation sites is 1. The van der Waals surface area contributed by atoms with E-state index >= 15 is 0 Å². The number of anilines is 1. The molecule has 8 nitrogen and oxygen atoms in total. The van der Waals surface area contributed by atoms with Gasteiger partial charge in [-0.2, -0.15) is 0 Å². The van der Waals surface area contributed by atoms with Gasteiger partial charge in [0.15, 0.2) is 5.78 Å². The van der Waals surface area contributed by atoms with E-state index in [2.05, 4.69) is 5.32 Å². The number of hydrogen-bond acceptors (Lipinski definition) is 6. The Kier molecular flexibility index (Phi) is 6.20. The van der Waals surface area contributed by atoms with Crippen LogP contribution in [0.5, 0.6) is 0 Å². The van der Waals surface area contributed by atoms with Gasteiger partial charge in [-0.15, -0.1) is 0 Å². The lowest BCUT2D eigenvalue weighted by Gasteiger charge is -2.26. The van der Waals surface area contributed by atoms with Crippen LogP contribution in [0.4, 0.5) is 10.5 Å². The van der Waals surface area contributed by atoms with Crippen LogP contribution in [0.15, 0.2) is 24.3 Å². The van der Waals surface area contributed by atoms with Crippen molar-refractivity contribution < 1.29 is 28.7 Å². The summed E-state index contributed by atoms with van der Waals surface area (Å²) >= 11 is 0. The van der Waals surface area contributed by atoms with Crippen LogP contribution in [0.2, 0.25) is 0 Å². The van der Waals surface area contributed by atoms with Crippen molar-refractivity contribution in [1.29, 1.82) is 0 Å². The zero-order chi connectivity index (χ0) is 20.2. The lowest BCUT2D eigenvalue weighted by atomic mass is 10.0. The number of ketones is 1. The molecule has 0 bridgehead atoms. The standard InChI is InChI=1S/C19H24N2O6/c1-5-26-16(23)11-21-14-9-7-6-8-12(14)15(22)10-13(17(21)24)20-18(25)27-19(2,3)4/h6-9,13H,5,10-11H2,1-4H3,(H,20,25)/t13-/m0/s1. The van der Waals surface area contributed by atoms with Gasteiger partial charge in [0.25, 0.3) is 5.91 Å². The molecule has 1 aliphatic heterocycles. The molecule has 1 N–H and O–H groups in total. The van der Waals surface area contributed by atoms with Crippen LogP contribution < -0.4 is 10.2 Å². The number of amides is 2. The summed E-state index contributed by atoms with van der Waals surface area (Å²) in [6, 6.07) is 5.36. The Morgan fingerprint density at radius 3 is 2.52 bits per heavy atom. The van der Waals surface area contributed by atoms with Crippen molar-refractivity contribution >= 4 is 29.4 Å². The highest BCUT2D eigenvalue weighted by atomic mass is 16.6. The van der Waals surface area contributed by atoms with E-state index in [1.54, 1.807) is 52.0 Å². The number of hydrogen-bond donors (Lipinski definition) is 1. The molecule has 1 atom stereocenters. The molecule has 0 unspecified atom stereocenters. The third-order valence-corrected chi connectivity index (χ3v) is 3.73. The van der Waals surface area contributed by atoms with E-state index in [4.69, 9.17) is 9.47 Å². The quantitative estimate of drug-likeness (QED) is 0.807. The molecule has 1 aromatic rings. The van der Waals surface area contributed by atoms with Crippen LogP contribution >= 0.6 is 0 Å². The van der Waals surface area contributed by atoms with E-state index in [1.807, 2.05) is 0 Å². The molecule has 0 radical (unpaired) electrons. The van der Waals surface area contributed by atoms with Gasteiger partial charge in [-0.05, 0) is 39.8 Å². The number of nitrogens with one attached hydrogen (secondary N) is 1. The number of alkyl carbamates (subject to hydrolysis) is 1. The van der Waals surface area contributed by atoms with Crippen LogP contribution in [-0.2, 0) is 19.1 Å². The zero-order valence-corrected chi connectivity index (χ0v) is 15.9. The normalized spacial score (nSPS) is 17.0. The van der Waals surface area contributed by atoms with Crippen molar-refractivity contribution in [2.24, 2.45) is 0 Å². The van der Waals surface area contributed by atoms with E-state index in [1.165, 1.54) is 4.90 Å². The number of ether oxygens (including phenoxy) is 2. The van der Waals surface area contributed by atoms with Gasteiger partial charge < -0.3 is 14.8 Å². The largest absolute Gasteiger partial charge is 0.465 e. The molecule has 0 aliphatic carbocycles. The highest BCUT2D eigenvalue weighted by Crippen LogP contribution is 2.27. The van der Waals surface area contributed by atoms with Crippen LogP contribution in [0.25, 0.3) is 0 Å². The smallest absolute Gasteiger partial charge is 0.408 e. The SMILES string of the molecule is CCOC(=O)CN1C(=O)[C@@H](NC(=O)OC(C)(C)C)CC(=O)c2ccccc21. The summed E-state index contributed by atoms with van der Waals surface area (Å²) < 4.78 is 10.1. The topological polar surface area (TPSA) is 102 Å². The Morgan fingerprint density at radius 2 is 1.89 bits per heavy atom. The fourth-order valence-electron chi connectivity index (χ4n) is 2.70. The summed E-state index contributed by atoms with van der Waals surface area (Å²) in [5.41, 5.74) is -0.132. The number of Topliss-reactive ketones (excluding diaryl/α,β-unsaturated/α-hetero) is 1. The Balaban J connectivity index is 2.32. The summed E-state index contributed by atoms with van der Waals surface area (Å²) in [4.78, 5) is 50.8. The van der Waals surface area contributed by atoms with Crippen LogP contribution in [0.1, 0.15) is 44.5 Å². The molecule has 0 fully saturated rings. The van der Waals surface area contributed by atoms with Crippen LogP contribution in [0.3, 0.4) is 0 Å². The molecule has 0 saturated carbocycles. The highest BCUT2D eigenvalue weighted by Gasteiger charge is 2.36. The first-order valence-corrected chi connectivity index (χ1v) is 8.71. The Hall–Kier alpha value is -2.90. The van der Waals surface area contributed by atoms with Gasteiger partial charge in [0, 0.05) is 12.0 Å². The van der Waals surface area contributed by atoms with Gasteiger partial charge in [0.2, 0.25) is 0 Å². The Labute approximate surface area is 157 Å². The molecule has 0 spiro atoms. The van der Waals surface area contributed by atoms with E-state index in [0.29, 0.717) is 11.3 Å². The van der Waals surface area contributed by atoms with Gasteiger partial charge in [-0.1, -0.05) is 12.1 Å². The minimum absolute atomic E-state index is 0.168. The highest BCUT2D eigenvalue weighted by molar-refractivity contribution is 6.13. The molecule has 8 heteroatoms. The summed E-state index contributed by atoms with van der Waals surface area (Å²) in [6.45, 7) is 6.54. The lowest BCUT2D eigenvalue weighted by molar-refractivity contribution is -0.142. The second-order valence-corrected chi connectivity index (χ2v) is 7.07. The Bertz CT molecular complexity index is 753. The van der Waals surface area contributed by atoms with Gasteiger partial charge in [-0.25, -0.2) is 4.79 Å². The summed E-state index contributed by atoms with van der Waals surface area (Å²) in [5.74, 6) is -1.50. The maximum absolute atomic E-state index is 13.0. The molecule has 1 heterocycles. The number of fused-ring (bicyclic) bond motifs is 1. The third-order valence-electron chi connectivity index (χ3n) is 3.73. The van der Waals surface area contributed by atoms with Crippen molar-refractivity contribution in [3.8, 4) is 0 Å². The number of carbonyl (C=O) groups is 4. The molecule has 1 aromatic carbocycles. The van der Waals surface area contributed by atoms with Crippen molar-refractivity contribution in [3.63, 3.8) is 0 Å². The molecule has 2 amide bonds. The number of esters is 1. The number of rotatable bonds is 4. The van der Waals surface area contributed by atoms with E-state index in [0.717, 1.165) is 0 Å². The van der Waals surface area contributed by atoms with Crippen molar-refractivity contribution in [2.75, 3.05) is 18.1 Å². The van der Waals surface area contributed by atoms with Crippen molar-refractivity contribution in [3.05, 3.63) is 29.8 Å². The minimum atomic E-state index is -1.14. The fourth-order valence-corrected chi connectivity index (χ4v) is 2.70. The summed E-state index contributed by atoms with van der Waals surface area (Å²) in [5, 5.41) is 2.44. The molecule has 0 aromatic heterocycles. The van der Waals surface area contributed by atoms with Gasteiger partial charge >= 0.3 is 12.1 Å². The number of carbonyl (C=O) groups excluding carboxylic acids is 4. The number of nitrogens with zero attached hydrogens (tertiary/aromatic N) is 1. The second-order valence-electron chi connectivity index (χ2n) is 7.07. The summed E-state index contributed by atoms with van der Waals surface area (Å²) in [7, 11) is 0. The monoisotopic (exact) mass is 376 g/mol. The lowest BCUT2D eigenvalue weighted by Crippen LogP contribution is -2.50. The first-order valence-electron chi connectivity index (χ1n) is 8.71. The maximum Gasteiger partial charge on any atom is 0.408 e. The van der Waals surface area contributed by atoms with Crippen molar-refractivity contribution in [1.82, 2.24) is 5.32 Å². The maximum atomic E-state index is 13.0. The molecule has 27 heavy (non-hydrogen) atoms. The molecule has 146 valence electrons. The van der Waals surface area contributed by atoms with E-state index in [-0.39, 0.29) is 25.4 Å². The van der Waals surface area contributed by atoms with E-state index < -0.39 is 29.6 Å². The minimum Gasteiger partial charge on any atom is -0.465 e. The summed E-state index contributed by atoms with van der Waals surface area (Å²) in [6.07, 6.45) is -1.04. The molecule has 2 rings (SSSR count). The molecule has 1 aliphatic rings. The second kappa shape index (κ2) is 8.20. The predicted molar refractivity (Wildman–Crippen MR) is 97.5 cm³/mol. The Morgan fingerprint density at radius 1 is 1.22 bits per heavy atom. The molecule has 0 saturated heterocycles. The predicted octanol–water partition coefficient (Wildman–Crippen LogP) is 2.06. The van der Waals surface area contributed by atoms with Crippen LogP contribution in [-0.4, -0.2) is 48.5 Å². The van der Waals surface area contributed by atoms with E-state index in [9.17, 15) is 19.2 Å². The molecular formula is C19H24N2O6. The van der Waals surface area contributed by atoms with Crippen molar-refractivity contribution in [2.45, 2.75) is 45.8 Å². The number of benzene rings is 1. The zero-order valence-electron chi connectivity index (χ0n) is 15.9. The fraction of sp³-hybridized carbons (Fsp3) is 0.474. The molecular weight excluding hydrogens is 352 g/mol. The first kappa shape index (κ1) is 20.4.